The van der Waals surface area contributed by atoms with Gasteiger partial charge in [-0.3, -0.25) is 0 Å². The Hall–Kier alpha value is -2.55. The highest BCUT2D eigenvalue weighted by atomic mass is 16.5. The van der Waals surface area contributed by atoms with E-state index in [9.17, 15) is 0 Å². The number of pyridine rings is 1. The second-order valence-corrected chi connectivity index (χ2v) is 7.46. The summed E-state index contributed by atoms with van der Waals surface area (Å²) in [5.41, 5.74) is 8.07. The van der Waals surface area contributed by atoms with Crippen LogP contribution >= 0.6 is 0 Å². The van der Waals surface area contributed by atoms with Gasteiger partial charge in [0.2, 0.25) is 0 Å². The molecule has 3 nitrogen and oxygen atoms in total. The second-order valence-electron chi connectivity index (χ2n) is 7.46. The van der Waals surface area contributed by atoms with Crippen LogP contribution < -0.4 is 10.5 Å². The number of hydrogen-bond donors (Lipinski definition) is 1. The van der Waals surface area contributed by atoms with Crippen LogP contribution in [0.15, 0.2) is 54.6 Å². The molecular formula is C25H32N2O. The molecule has 1 aromatic heterocycles. The highest BCUT2D eigenvalue weighted by Crippen LogP contribution is 2.27. The molecule has 0 bridgehead atoms. The zero-order chi connectivity index (χ0) is 19.6. The number of fused-ring (bicyclic) bond motifs is 1. The first-order chi connectivity index (χ1) is 13.8. The van der Waals surface area contributed by atoms with Crippen LogP contribution in [-0.4, -0.2) is 11.6 Å². The number of ether oxygens (including phenoxy) is 1. The Morgan fingerprint density at radius 1 is 0.821 bits per heavy atom. The maximum absolute atomic E-state index is 6.13. The lowest BCUT2D eigenvalue weighted by Gasteiger charge is -2.09. The third kappa shape index (κ3) is 5.72. The molecule has 3 heteroatoms. The number of benzene rings is 2. The van der Waals surface area contributed by atoms with Crippen molar-refractivity contribution in [2.45, 2.75) is 58.3 Å². The van der Waals surface area contributed by atoms with Gasteiger partial charge in [0.15, 0.2) is 0 Å². The number of aromatic nitrogens is 1. The van der Waals surface area contributed by atoms with Gasteiger partial charge in [0.25, 0.3) is 0 Å². The molecule has 2 aromatic carbocycles. The van der Waals surface area contributed by atoms with Crippen LogP contribution in [0.25, 0.3) is 22.0 Å². The van der Waals surface area contributed by atoms with Crippen LogP contribution in [0.3, 0.4) is 0 Å². The van der Waals surface area contributed by atoms with Crippen molar-refractivity contribution < 1.29 is 4.74 Å². The summed E-state index contributed by atoms with van der Waals surface area (Å²) in [7, 11) is 0. The third-order valence-electron chi connectivity index (χ3n) is 5.19. The van der Waals surface area contributed by atoms with E-state index in [-0.39, 0.29) is 0 Å². The van der Waals surface area contributed by atoms with Crippen LogP contribution in [0.2, 0.25) is 0 Å². The Balaban J connectivity index is 1.46. The molecule has 0 saturated carbocycles. The fourth-order valence-electron chi connectivity index (χ4n) is 3.52. The molecule has 3 aromatic rings. The molecule has 0 atom stereocenters. The molecule has 0 amide bonds. The molecule has 28 heavy (non-hydrogen) atoms. The Kier molecular flexibility index (Phi) is 7.71. The number of unbranched alkanes of at least 4 members (excludes halogenated alkanes) is 7. The van der Waals surface area contributed by atoms with E-state index in [0.29, 0.717) is 5.82 Å². The van der Waals surface area contributed by atoms with E-state index in [1.165, 1.54) is 44.9 Å². The van der Waals surface area contributed by atoms with Gasteiger partial charge in [-0.25, -0.2) is 4.98 Å². The molecule has 2 N–H and O–H groups in total. The van der Waals surface area contributed by atoms with Crippen LogP contribution in [0.4, 0.5) is 5.82 Å². The van der Waals surface area contributed by atoms with Gasteiger partial charge in [-0.2, -0.15) is 0 Å². The minimum absolute atomic E-state index is 0.572. The van der Waals surface area contributed by atoms with Crippen molar-refractivity contribution in [3.8, 4) is 17.0 Å². The second kappa shape index (κ2) is 10.7. The number of anilines is 1. The average Bonchev–Trinajstić information content (AvgIpc) is 2.73. The standard InChI is InChI=1S/C25H32N2O/c1-2-3-4-5-6-7-8-11-18-28-22-16-14-20(15-17-22)24-19-21-12-9-10-13-23(21)25(26)27-24/h9-10,12-17,19H,2-8,11,18H2,1H3,(H2,26,27). The third-order valence-corrected chi connectivity index (χ3v) is 5.19. The summed E-state index contributed by atoms with van der Waals surface area (Å²) < 4.78 is 5.89. The number of nitrogens with zero attached hydrogens (tertiary/aromatic N) is 1. The van der Waals surface area contributed by atoms with Gasteiger partial charge in [-0.05, 0) is 42.1 Å². The van der Waals surface area contributed by atoms with E-state index in [1.807, 2.05) is 30.3 Å². The van der Waals surface area contributed by atoms with Crippen molar-refractivity contribution in [1.82, 2.24) is 4.98 Å². The minimum Gasteiger partial charge on any atom is -0.494 e. The van der Waals surface area contributed by atoms with Crippen molar-refractivity contribution in [2.75, 3.05) is 12.3 Å². The summed E-state index contributed by atoms with van der Waals surface area (Å²) in [6.45, 7) is 3.05. The van der Waals surface area contributed by atoms with Gasteiger partial charge in [-0.15, -0.1) is 0 Å². The van der Waals surface area contributed by atoms with Crippen LogP contribution in [0.5, 0.6) is 5.75 Å². The normalized spacial score (nSPS) is 11.0. The molecule has 0 aliphatic rings. The Labute approximate surface area is 168 Å². The van der Waals surface area contributed by atoms with Crippen LogP contribution in [0, 0.1) is 0 Å². The van der Waals surface area contributed by atoms with Crippen LogP contribution in [-0.2, 0) is 0 Å². The molecule has 0 aliphatic heterocycles. The number of hydrogen-bond acceptors (Lipinski definition) is 3. The minimum atomic E-state index is 0.572. The molecule has 0 radical (unpaired) electrons. The smallest absolute Gasteiger partial charge is 0.131 e. The zero-order valence-electron chi connectivity index (χ0n) is 17.0. The summed E-state index contributed by atoms with van der Waals surface area (Å²) in [6.07, 6.45) is 10.5. The topological polar surface area (TPSA) is 48.1 Å². The molecular weight excluding hydrogens is 344 g/mol. The van der Waals surface area contributed by atoms with Gasteiger partial charge < -0.3 is 10.5 Å². The SMILES string of the molecule is CCCCCCCCCCOc1ccc(-c2cc3ccccc3c(N)n2)cc1. The average molecular weight is 377 g/mol. The summed E-state index contributed by atoms with van der Waals surface area (Å²) in [6, 6.07) is 18.3. The first kappa shape index (κ1) is 20.2. The lowest BCUT2D eigenvalue weighted by molar-refractivity contribution is 0.304. The van der Waals surface area contributed by atoms with Crippen molar-refractivity contribution in [1.29, 1.82) is 0 Å². The molecule has 3 rings (SSSR count). The first-order valence-electron chi connectivity index (χ1n) is 10.7. The molecule has 0 fully saturated rings. The Morgan fingerprint density at radius 3 is 2.25 bits per heavy atom. The monoisotopic (exact) mass is 376 g/mol. The number of rotatable bonds is 11. The molecule has 148 valence electrons. The van der Waals surface area contributed by atoms with Crippen molar-refractivity contribution in [3.63, 3.8) is 0 Å². The highest BCUT2D eigenvalue weighted by Gasteiger charge is 2.05. The predicted octanol–water partition coefficient (Wildman–Crippen LogP) is 7.00. The van der Waals surface area contributed by atoms with E-state index in [4.69, 9.17) is 10.5 Å². The van der Waals surface area contributed by atoms with E-state index >= 15 is 0 Å². The first-order valence-corrected chi connectivity index (χ1v) is 10.7. The van der Waals surface area contributed by atoms with Gasteiger partial charge in [0, 0.05) is 10.9 Å². The van der Waals surface area contributed by atoms with Crippen molar-refractivity contribution in [2.24, 2.45) is 0 Å². The predicted molar refractivity (Wildman–Crippen MR) is 120 cm³/mol. The van der Waals surface area contributed by atoms with Gasteiger partial charge in [0.05, 0.1) is 12.3 Å². The molecule has 0 unspecified atom stereocenters. The largest absolute Gasteiger partial charge is 0.494 e. The van der Waals surface area contributed by atoms with Crippen molar-refractivity contribution >= 4 is 16.6 Å². The maximum atomic E-state index is 6.13. The summed E-state index contributed by atoms with van der Waals surface area (Å²) in [5.74, 6) is 1.49. The van der Waals surface area contributed by atoms with E-state index in [1.54, 1.807) is 0 Å². The lowest BCUT2D eigenvalue weighted by atomic mass is 10.1. The Morgan fingerprint density at radius 2 is 1.50 bits per heavy atom. The number of nitrogens with two attached hydrogens (primary N) is 1. The fourth-order valence-corrected chi connectivity index (χ4v) is 3.52. The van der Waals surface area contributed by atoms with Gasteiger partial charge in [-0.1, -0.05) is 76.1 Å². The quantitative estimate of drug-likeness (QED) is 0.366. The summed E-state index contributed by atoms with van der Waals surface area (Å²) >= 11 is 0. The lowest BCUT2D eigenvalue weighted by Crippen LogP contribution is -1.97. The summed E-state index contributed by atoms with van der Waals surface area (Å²) in [4.78, 5) is 4.56. The molecule has 0 spiro atoms. The maximum Gasteiger partial charge on any atom is 0.131 e. The molecule has 1 heterocycles. The van der Waals surface area contributed by atoms with E-state index in [0.717, 1.165) is 40.8 Å². The molecule has 0 aliphatic carbocycles. The Bertz CT molecular complexity index is 858. The highest BCUT2D eigenvalue weighted by molar-refractivity contribution is 5.93. The van der Waals surface area contributed by atoms with E-state index < -0.39 is 0 Å². The van der Waals surface area contributed by atoms with E-state index in [2.05, 4.69) is 36.2 Å². The molecule has 0 saturated heterocycles. The van der Waals surface area contributed by atoms with Crippen molar-refractivity contribution in [3.05, 3.63) is 54.6 Å². The van der Waals surface area contributed by atoms with Crippen LogP contribution in [0.1, 0.15) is 58.3 Å². The fraction of sp³-hybridized carbons (Fsp3) is 0.400. The van der Waals surface area contributed by atoms with Gasteiger partial charge >= 0.3 is 0 Å². The zero-order valence-corrected chi connectivity index (χ0v) is 17.0. The van der Waals surface area contributed by atoms with Gasteiger partial charge in [0.1, 0.15) is 11.6 Å². The summed E-state index contributed by atoms with van der Waals surface area (Å²) in [5, 5.41) is 2.11. The number of nitrogen functional groups attached to an aromatic ring is 1.